The van der Waals surface area contributed by atoms with Gasteiger partial charge in [-0.15, -0.1) is 0 Å². The number of rotatable bonds is 6. The minimum atomic E-state index is -0.798. The summed E-state index contributed by atoms with van der Waals surface area (Å²) in [6, 6.07) is 12.9. The highest BCUT2D eigenvalue weighted by molar-refractivity contribution is 9.10. The van der Waals surface area contributed by atoms with Crippen LogP contribution >= 0.6 is 15.9 Å². The minimum Gasteiger partial charge on any atom is -0.472 e. The lowest BCUT2D eigenvalue weighted by atomic mass is 10.1. The van der Waals surface area contributed by atoms with Gasteiger partial charge in [0.2, 0.25) is 11.5 Å². The molecule has 11 heteroatoms. The van der Waals surface area contributed by atoms with Gasteiger partial charge in [0.25, 0.3) is 5.88 Å². The van der Waals surface area contributed by atoms with Crippen molar-refractivity contribution < 1.29 is 18.3 Å². The lowest BCUT2D eigenvalue weighted by Crippen LogP contribution is -2.19. The van der Waals surface area contributed by atoms with Gasteiger partial charge in [0, 0.05) is 0 Å². The van der Waals surface area contributed by atoms with Crippen LogP contribution in [0, 0.1) is 5.82 Å². The second-order valence-corrected chi connectivity index (χ2v) is 6.81. The zero-order valence-electron chi connectivity index (χ0n) is 14.7. The number of ether oxygens (including phenoxy) is 1. The molecule has 148 valence electrons. The van der Waals surface area contributed by atoms with Crippen LogP contribution in [0.25, 0.3) is 17.2 Å². The van der Waals surface area contributed by atoms with Gasteiger partial charge in [-0.05, 0) is 50.0 Å². The van der Waals surface area contributed by atoms with Gasteiger partial charge in [-0.3, -0.25) is 4.52 Å². The van der Waals surface area contributed by atoms with E-state index in [0.29, 0.717) is 5.69 Å². The largest absolute Gasteiger partial charge is 0.472 e. The summed E-state index contributed by atoms with van der Waals surface area (Å²) in [6.07, 6.45) is 0. The molecule has 0 amide bonds. The highest BCUT2D eigenvalue weighted by Crippen LogP contribution is 2.28. The first-order valence-corrected chi connectivity index (χ1v) is 9.14. The maximum absolute atomic E-state index is 13.6. The fraction of sp³-hybridized carbons (Fsp3) is 0.111. The molecular formula is C18H13BrFN5O4. The summed E-state index contributed by atoms with van der Waals surface area (Å²) in [5.74, 6) is -1.31. The Morgan fingerprint density at radius 1 is 1.17 bits per heavy atom. The number of halogens is 2. The predicted octanol–water partition coefficient (Wildman–Crippen LogP) is 2.86. The van der Waals surface area contributed by atoms with E-state index in [2.05, 4.69) is 31.4 Å². The summed E-state index contributed by atoms with van der Waals surface area (Å²) in [4.78, 5) is 12.2. The summed E-state index contributed by atoms with van der Waals surface area (Å²) in [7, 11) is 0. The Kier molecular flexibility index (Phi) is 5.23. The molecule has 0 radical (unpaired) electrons. The molecule has 9 nitrogen and oxygen atoms in total. The number of hydrogen-bond donors (Lipinski definition) is 1. The summed E-state index contributed by atoms with van der Waals surface area (Å²) in [5, 5.41) is 11.2. The molecule has 0 aliphatic heterocycles. The maximum atomic E-state index is 13.6. The zero-order valence-corrected chi connectivity index (χ0v) is 16.2. The van der Waals surface area contributed by atoms with Crippen molar-refractivity contribution in [2.75, 3.05) is 6.61 Å². The van der Waals surface area contributed by atoms with Gasteiger partial charge in [0.05, 0.1) is 16.2 Å². The first-order valence-electron chi connectivity index (χ1n) is 8.35. The smallest absolute Gasteiger partial charge is 0.446 e. The van der Waals surface area contributed by atoms with Crippen molar-refractivity contribution in [1.82, 2.24) is 20.0 Å². The van der Waals surface area contributed by atoms with Crippen molar-refractivity contribution in [3.05, 3.63) is 74.9 Å². The fourth-order valence-electron chi connectivity index (χ4n) is 2.63. The highest BCUT2D eigenvalue weighted by Gasteiger charge is 2.24. The number of aromatic nitrogens is 4. The van der Waals surface area contributed by atoms with Gasteiger partial charge < -0.3 is 10.5 Å². The Labute approximate surface area is 171 Å². The molecule has 0 fully saturated rings. The quantitative estimate of drug-likeness (QED) is 0.464. The molecule has 4 aromatic rings. The van der Waals surface area contributed by atoms with Crippen molar-refractivity contribution in [2.45, 2.75) is 6.04 Å². The van der Waals surface area contributed by atoms with Crippen molar-refractivity contribution in [3.8, 4) is 23.1 Å². The van der Waals surface area contributed by atoms with Crippen LogP contribution in [0.5, 0.6) is 5.88 Å². The number of hydrogen-bond acceptors (Lipinski definition) is 8. The molecule has 0 saturated heterocycles. The van der Waals surface area contributed by atoms with E-state index in [9.17, 15) is 9.18 Å². The predicted molar refractivity (Wildman–Crippen MR) is 102 cm³/mol. The second kappa shape index (κ2) is 7.97. The average Bonchev–Trinajstić information content (AvgIpc) is 3.35. The van der Waals surface area contributed by atoms with Crippen LogP contribution in [-0.4, -0.2) is 26.6 Å². The van der Waals surface area contributed by atoms with E-state index < -0.39 is 17.6 Å². The lowest BCUT2D eigenvalue weighted by Gasteiger charge is -2.12. The van der Waals surface area contributed by atoms with E-state index in [1.54, 1.807) is 0 Å². The Morgan fingerprint density at radius 2 is 1.97 bits per heavy atom. The Bertz CT molecular complexity index is 1190. The summed E-state index contributed by atoms with van der Waals surface area (Å²) >= 11 is 3.08. The zero-order chi connectivity index (χ0) is 20.4. The van der Waals surface area contributed by atoms with E-state index in [0.717, 1.165) is 10.1 Å². The van der Waals surface area contributed by atoms with E-state index in [1.165, 1.54) is 18.2 Å². The van der Waals surface area contributed by atoms with Crippen LogP contribution in [0.1, 0.15) is 11.6 Å². The topological polar surface area (TPSA) is 122 Å². The van der Waals surface area contributed by atoms with Crippen LogP contribution in [-0.2, 0) is 0 Å². The third kappa shape index (κ3) is 3.82. The normalized spacial score (nSPS) is 12.1. The van der Waals surface area contributed by atoms with Crippen LogP contribution in [0.15, 0.2) is 67.0 Å². The molecule has 29 heavy (non-hydrogen) atoms. The molecule has 1 atom stereocenters. The first kappa shape index (κ1) is 19.0. The van der Waals surface area contributed by atoms with Crippen LogP contribution in [0.4, 0.5) is 4.39 Å². The molecule has 2 aromatic heterocycles. The van der Waals surface area contributed by atoms with E-state index in [1.807, 2.05) is 30.3 Å². The number of benzene rings is 2. The van der Waals surface area contributed by atoms with Crippen molar-refractivity contribution in [1.29, 1.82) is 0 Å². The van der Waals surface area contributed by atoms with Gasteiger partial charge in [-0.2, -0.15) is 0 Å². The van der Waals surface area contributed by atoms with Gasteiger partial charge in [0.15, 0.2) is 0 Å². The van der Waals surface area contributed by atoms with Crippen molar-refractivity contribution in [3.63, 3.8) is 0 Å². The third-order valence-electron chi connectivity index (χ3n) is 4.06. The van der Waals surface area contributed by atoms with E-state index in [4.69, 9.17) is 19.6 Å². The maximum Gasteiger partial charge on any atom is 0.446 e. The molecule has 2 aromatic carbocycles. The van der Waals surface area contributed by atoms with Gasteiger partial charge in [-0.1, -0.05) is 35.5 Å². The van der Waals surface area contributed by atoms with Gasteiger partial charge >= 0.3 is 5.76 Å². The first-order chi connectivity index (χ1) is 14.0. The molecule has 4 rings (SSSR count). The lowest BCUT2D eigenvalue weighted by molar-refractivity contribution is 0.243. The molecule has 0 bridgehead atoms. The molecule has 0 aliphatic rings. The summed E-state index contributed by atoms with van der Waals surface area (Å²) in [6.45, 7) is 0.0788. The molecule has 1 unspecified atom stereocenters. The van der Waals surface area contributed by atoms with E-state index >= 15 is 0 Å². The average molecular weight is 462 g/mol. The van der Waals surface area contributed by atoms with E-state index in [-0.39, 0.29) is 28.5 Å². The molecular weight excluding hydrogens is 449 g/mol. The van der Waals surface area contributed by atoms with Gasteiger partial charge in [-0.25, -0.2) is 18.4 Å². The van der Waals surface area contributed by atoms with Crippen LogP contribution < -0.4 is 16.2 Å². The Balaban J connectivity index is 1.64. The minimum absolute atomic E-state index is 0.0143. The SMILES string of the molecule is NC(COc1nonc1-c1noc(=O)n1-c1ccc(F)c(Br)c1)c1ccccc1. The Hall–Kier alpha value is -3.31. The monoisotopic (exact) mass is 461 g/mol. The number of nitrogens with zero attached hydrogens (tertiary/aromatic N) is 4. The van der Waals surface area contributed by atoms with Crippen molar-refractivity contribution in [2.24, 2.45) is 5.73 Å². The number of nitrogens with two attached hydrogens (primary N) is 1. The van der Waals surface area contributed by atoms with Crippen molar-refractivity contribution >= 4 is 15.9 Å². The highest BCUT2D eigenvalue weighted by atomic mass is 79.9. The standard InChI is InChI=1S/C18H13BrFN5O4/c19-12-8-11(6-7-13(12)20)25-16(23-28-18(25)26)15-17(24-29-22-15)27-9-14(21)10-4-2-1-3-5-10/h1-8,14H,9,21H2. The third-order valence-corrected chi connectivity index (χ3v) is 4.67. The molecule has 0 aliphatic carbocycles. The summed E-state index contributed by atoms with van der Waals surface area (Å²) < 4.78 is 29.9. The van der Waals surface area contributed by atoms with Crippen LogP contribution in [0.3, 0.4) is 0 Å². The Morgan fingerprint density at radius 3 is 2.72 bits per heavy atom. The molecule has 2 N–H and O–H groups in total. The van der Waals surface area contributed by atoms with Crippen LogP contribution in [0.2, 0.25) is 0 Å². The fourth-order valence-corrected chi connectivity index (χ4v) is 3.00. The molecule has 0 spiro atoms. The summed E-state index contributed by atoms with van der Waals surface area (Å²) in [5.41, 5.74) is 7.34. The molecule has 2 heterocycles. The second-order valence-electron chi connectivity index (χ2n) is 5.95. The van der Waals surface area contributed by atoms with Gasteiger partial charge in [0.1, 0.15) is 12.4 Å². The molecule has 0 saturated carbocycles.